The number of benzene rings is 3. The van der Waals surface area contributed by atoms with E-state index >= 15 is 0 Å². The summed E-state index contributed by atoms with van der Waals surface area (Å²) in [6, 6.07) is 25.3. The molecule has 6 rings (SSSR count). The second-order valence-corrected chi connectivity index (χ2v) is 9.88. The lowest BCUT2D eigenvalue weighted by Crippen LogP contribution is -2.62. The molecule has 176 valence electrons. The van der Waals surface area contributed by atoms with E-state index in [-0.39, 0.29) is 24.4 Å². The van der Waals surface area contributed by atoms with Gasteiger partial charge in [-0.3, -0.25) is 9.59 Å². The molecule has 35 heavy (non-hydrogen) atoms. The predicted octanol–water partition coefficient (Wildman–Crippen LogP) is 5.29. The van der Waals surface area contributed by atoms with Crippen molar-refractivity contribution in [2.45, 2.75) is 37.9 Å². The number of halogens is 1. The van der Waals surface area contributed by atoms with Crippen molar-refractivity contribution in [3.63, 3.8) is 0 Å². The van der Waals surface area contributed by atoms with Crippen molar-refractivity contribution in [2.75, 3.05) is 6.54 Å². The lowest BCUT2D eigenvalue weighted by molar-refractivity contribution is -0.160. The van der Waals surface area contributed by atoms with Gasteiger partial charge in [-0.2, -0.15) is 0 Å². The average Bonchev–Trinajstić information content (AvgIpc) is 3.25. The van der Waals surface area contributed by atoms with E-state index in [1.807, 2.05) is 59.5 Å². The standard InChI is InChI=1S/C29H26ClN3O2/c30-21-13-10-20(11-14-21)17-32-18-27(34)33-25(15-12-19-6-2-1-3-7-19)28-23(16-26(33)29(32)35)22-8-4-5-9-24(22)31-28/h1-11,13-14,25-26,31H,12,15-18H2/t25-,26-/m1/s1. The SMILES string of the molecule is O=C1[C@H]2Cc3c([nH]c4ccccc34)[C@@H](CCc3ccccc3)N2C(=O)CN1Cc1ccc(Cl)cc1. The van der Waals surface area contributed by atoms with Gasteiger partial charge in [0.1, 0.15) is 12.6 Å². The van der Waals surface area contributed by atoms with Gasteiger partial charge in [-0.05, 0) is 47.7 Å². The van der Waals surface area contributed by atoms with Gasteiger partial charge < -0.3 is 14.8 Å². The molecule has 1 fully saturated rings. The summed E-state index contributed by atoms with van der Waals surface area (Å²) in [5.74, 6) is 0.0196. The number of rotatable bonds is 5. The quantitative estimate of drug-likeness (QED) is 0.419. The van der Waals surface area contributed by atoms with Crippen LogP contribution in [0, 0.1) is 0 Å². The summed E-state index contributed by atoms with van der Waals surface area (Å²) in [6.07, 6.45) is 2.12. The van der Waals surface area contributed by atoms with Gasteiger partial charge in [0, 0.05) is 34.6 Å². The summed E-state index contributed by atoms with van der Waals surface area (Å²) in [6.45, 7) is 0.497. The molecule has 0 saturated carbocycles. The number of aromatic nitrogens is 1. The van der Waals surface area contributed by atoms with Crippen LogP contribution in [-0.2, 0) is 29.0 Å². The Bertz CT molecular complexity index is 1400. The van der Waals surface area contributed by atoms with Crippen LogP contribution in [0.4, 0.5) is 0 Å². The Morgan fingerprint density at radius 1 is 0.886 bits per heavy atom. The molecule has 2 amide bonds. The number of aryl methyl sites for hydroxylation is 1. The molecule has 0 bridgehead atoms. The number of carbonyl (C=O) groups excluding carboxylic acids is 2. The molecule has 6 heteroatoms. The molecular weight excluding hydrogens is 458 g/mol. The Hall–Kier alpha value is -3.57. The van der Waals surface area contributed by atoms with Crippen molar-refractivity contribution in [3.8, 4) is 0 Å². The van der Waals surface area contributed by atoms with E-state index < -0.39 is 6.04 Å². The van der Waals surface area contributed by atoms with Gasteiger partial charge in [0.15, 0.2) is 0 Å². The van der Waals surface area contributed by atoms with E-state index in [9.17, 15) is 9.59 Å². The van der Waals surface area contributed by atoms with Crippen LogP contribution < -0.4 is 0 Å². The summed E-state index contributed by atoms with van der Waals surface area (Å²) in [5, 5.41) is 1.79. The molecule has 1 saturated heterocycles. The number of nitrogens with zero attached hydrogens (tertiary/aromatic N) is 2. The number of hydrogen-bond acceptors (Lipinski definition) is 2. The van der Waals surface area contributed by atoms with Crippen LogP contribution in [0.15, 0.2) is 78.9 Å². The maximum Gasteiger partial charge on any atom is 0.246 e. The van der Waals surface area contributed by atoms with E-state index in [0.717, 1.165) is 40.6 Å². The van der Waals surface area contributed by atoms with Crippen LogP contribution in [0.3, 0.4) is 0 Å². The van der Waals surface area contributed by atoms with Gasteiger partial charge in [0.2, 0.25) is 11.8 Å². The Labute approximate surface area is 209 Å². The second kappa shape index (κ2) is 8.90. The largest absolute Gasteiger partial charge is 0.356 e. The number of aromatic amines is 1. The molecular formula is C29H26ClN3O2. The average molecular weight is 484 g/mol. The normalized spacial score (nSPS) is 19.7. The summed E-state index contributed by atoms with van der Waals surface area (Å²) < 4.78 is 0. The van der Waals surface area contributed by atoms with Gasteiger partial charge in [0.05, 0.1) is 6.04 Å². The first-order valence-corrected chi connectivity index (χ1v) is 12.4. The third kappa shape index (κ3) is 4.00. The zero-order chi connectivity index (χ0) is 23.9. The number of para-hydroxylation sites is 1. The van der Waals surface area contributed by atoms with Crippen molar-refractivity contribution < 1.29 is 9.59 Å². The Morgan fingerprint density at radius 3 is 2.43 bits per heavy atom. The number of hydrogen-bond donors (Lipinski definition) is 1. The Morgan fingerprint density at radius 2 is 1.63 bits per heavy atom. The van der Waals surface area contributed by atoms with Crippen molar-refractivity contribution in [1.82, 2.24) is 14.8 Å². The molecule has 0 radical (unpaired) electrons. The molecule has 2 atom stereocenters. The van der Waals surface area contributed by atoms with Crippen LogP contribution in [-0.4, -0.2) is 39.2 Å². The number of nitrogens with one attached hydrogen (secondary N) is 1. The fourth-order valence-electron chi connectivity index (χ4n) is 5.64. The fraction of sp³-hybridized carbons (Fsp3) is 0.241. The highest BCUT2D eigenvalue weighted by atomic mass is 35.5. The number of carbonyl (C=O) groups is 2. The highest BCUT2D eigenvalue weighted by Crippen LogP contribution is 2.41. The molecule has 3 heterocycles. The summed E-state index contributed by atoms with van der Waals surface area (Å²) in [7, 11) is 0. The van der Waals surface area contributed by atoms with Gasteiger partial charge in [-0.25, -0.2) is 0 Å². The molecule has 5 nitrogen and oxygen atoms in total. The van der Waals surface area contributed by atoms with Gasteiger partial charge in [-0.15, -0.1) is 0 Å². The van der Waals surface area contributed by atoms with Gasteiger partial charge in [0.25, 0.3) is 0 Å². The molecule has 1 aromatic heterocycles. The van der Waals surface area contributed by atoms with Crippen molar-refractivity contribution in [3.05, 3.63) is 106 Å². The highest BCUT2D eigenvalue weighted by Gasteiger charge is 2.47. The van der Waals surface area contributed by atoms with Crippen molar-refractivity contribution in [1.29, 1.82) is 0 Å². The third-order valence-corrected chi connectivity index (χ3v) is 7.55. The minimum atomic E-state index is -0.490. The van der Waals surface area contributed by atoms with E-state index in [2.05, 4.69) is 29.2 Å². The van der Waals surface area contributed by atoms with Crippen molar-refractivity contribution >= 4 is 34.3 Å². The highest BCUT2D eigenvalue weighted by molar-refractivity contribution is 6.30. The number of piperazine rings is 1. The minimum absolute atomic E-state index is 0.00549. The van der Waals surface area contributed by atoms with E-state index in [1.165, 1.54) is 5.56 Å². The Kier molecular flexibility index (Phi) is 5.57. The minimum Gasteiger partial charge on any atom is -0.356 e. The van der Waals surface area contributed by atoms with E-state index in [1.54, 1.807) is 4.90 Å². The van der Waals surface area contributed by atoms with Crippen LogP contribution >= 0.6 is 11.6 Å². The van der Waals surface area contributed by atoms with Crippen LogP contribution in [0.25, 0.3) is 10.9 Å². The molecule has 1 N–H and O–H groups in total. The maximum atomic E-state index is 13.8. The number of amides is 2. The zero-order valence-corrected chi connectivity index (χ0v) is 20.0. The first-order valence-electron chi connectivity index (χ1n) is 12.1. The van der Waals surface area contributed by atoms with E-state index in [0.29, 0.717) is 18.0 Å². The third-order valence-electron chi connectivity index (χ3n) is 7.30. The van der Waals surface area contributed by atoms with Crippen LogP contribution in [0.1, 0.15) is 34.8 Å². The summed E-state index contributed by atoms with van der Waals surface area (Å²) >= 11 is 6.03. The lowest BCUT2D eigenvalue weighted by atomic mass is 9.86. The second-order valence-electron chi connectivity index (χ2n) is 9.44. The number of H-pyrrole nitrogens is 1. The topological polar surface area (TPSA) is 56.4 Å². The van der Waals surface area contributed by atoms with Crippen molar-refractivity contribution in [2.24, 2.45) is 0 Å². The molecule has 0 aliphatic carbocycles. The fourth-order valence-corrected chi connectivity index (χ4v) is 5.76. The monoisotopic (exact) mass is 483 g/mol. The molecule has 0 spiro atoms. The van der Waals surface area contributed by atoms with E-state index in [4.69, 9.17) is 11.6 Å². The smallest absolute Gasteiger partial charge is 0.246 e. The molecule has 4 aromatic rings. The van der Waals surface area contributed by atoms with Crippen LogP contribution in [0.2, 0.25) is 5.02 Å². The molecule has 3 aromatic carbocycles. The van der Waals surface area contributed by atoms with Gasteiger partial charge >= 0.3 is 0 Å². The van der Waals surface area contributed by atoms with Gasteiger partial charge in [-0.1, -0.05) is 72.3 Å². The first-order chi connectivity index (χ1) is 17.1. The van der Waals surface area contributed by atoms with Crippen LogP contribution in [0.5, 0.6) is 0 Å². The molecule has 2 aliphatic heterocycles. The Balaban J connectivity index is 1.35. The summed E-state index contributed by atoms with van der Waals surface area (Å²) in [5.41, 5.74) is 5.49. The maximum absolute atomic E-state index is 13.8. The lowest BCUT2D eigenvalue weighted by Gasteiger charge is -2.47. The predicted molar refractivity (Wildman–Crippen MR) is 137 cm³/mol. The molecule has 2 aliphatic rings. The zero-order valence-electron chi connectivity index (χ0n) is 19.3. The number of fused-ring (bicyclic) bond motifs is 4. The summed E-state index contributed by atoms with van der Waals surface area (Å²) in [4.78, 5) is 34.5. The molecule has 0 unspecified atom stereocenters. The first kappa shape index (κ1) is 21.9.